The summed E-state index contributed by atoms with van der Waals surface area (Å²) in [5.74, 6) is -1.12. The number of nitrogens with zero attached hydrogens (tertiary/aromatic N) is 1. The summed E-state index contributed by atoms with van der Waals surface area (Å²) in [5.41, 5.74) is 3.42. The third-order valence-corrected chi connectivity index (χ3v) is 6.19. The number of nitrogens with one attached hydrogen (secondary N) is 1. The summed E-state index contributed by atoms with van der Waals surface area (Å²) in [6.45, 7) is 6.31. The molecular weight excluding hydrogens is 476 g/mol. The van der Waals surface area contributed by atoms with Gasteiger partial charge in [0.15, 0.2) is 11.5 Å². The Labute approximate surface area is 207 Å². The summed E-state index contributed by atoms with van der Waals surface area (Å²) in [7, 11) is 1.67. The molecule has 10 heteroatoms. The smallest absolute Gasteiger partial charge is 0.414 e. The van der Waals surface area contributed by atoms with Crippen LogP contribution in [0.1, 0.15) is 21.8 Å². The fraction of sp³-hybridized carbons (Fsp3) is 0.292. The molecule has 0 saturated heterocycles. The highest BCUT2D eigenvalue weighted by Crippen LogP contribution is 2.29. The number of thioether (sulfide) groups is 1. The molecule has 3 N–H and O–H groups in total. The highest BCUT2D eigenvalue weighted by Gasteiger charge is 2.08. The molecule has 0 spiro atoms. The van der Waals surface area contributed by atoms with Crippen LogP contribution in [-0.4, -0.2) is 46.5 Å². The fourth-order valence-electron chi connectivity index (χ4n) is 2.68. The van der Waals surface area contributed by atoms with Crippen LogP contribution in [0, 0.1) is 13.8 Å². The molecule has 3 rings (SSSR count). The molecule has 0 unspecified atom stereocenters. The van der Waals surface area contributed by atoms with Gasteiger partial charge in [0.1, 0.15) is 6.61 Å². The van der Waals surface area contributed by atoms with Gasteiger partial charge in [0.2, 0.25) is 0 Å². The second kappa shape index (κ2) is 14.2. The monoisotopic (exact) mass is 504 g/mol. The van der Waals surface area contributed by atoms with Gasteiger partial charge < -0.3 is 25.0 Å². The lowest BCUT2D eigenvalue weighted by molar-refractivity contribution is -0.159. The summed E-state index contributed by atoms with van der Waals surface area (Å²) in [6, 6.07) is 14.7. The third kappa shape index (κ3) is 9.82. The first kappa shape index (κ1) is 27.2. The van der Waals surface area contributed by atoms with E-state index in [4.69, 9.17) is 29.3 Å². The second-order valence-corrected chi connectivity index (χ2v) is 9.31. The number of aryl methyl sites for hydroxylation is 2. The van der Waals surface area contributed by atoms with Gasteiger partial charge in [-0.15, -0.1) is 23.1 Å². The van der Waals surface area contributed by atoms with Gasteiger partial charge in [-0.3, -0.25) is 0 Å². The Kier molecular flexibility index (Phi) is 11.4. The number of aliphatic carboxylic acids is 2. The topological polar surface area (TPSA) is 118 Å². The molecule has 0 aliphatic carbocycles. The van der Waals surface area contributed by atoms with Crippen LogP contribution in [0.2, 0.25) is 0 Å². The SMILES string of the molecule is COc1cc(CNCCSc2ccc(C)cc2)ccc1OCc1csc(C)n1.O=C(O)C(=O)O. The van der Waals surface area contributed by atoms with Crippen molar-refractivity contribution < 1.29 is 29.3 Å². The fourth-order valence-corrected chi connectivity index (χ4v) is 4.08. The molecule has 8 nitrogen and oxygen atoms in total. The highest BCUT2D eigenvalue weighted by molar-refractivity contribution is 7.99. The minimum absolute atomic E-state index is 0.453. The van der Waals surface area contributed by atoms with Crippen molar-refractivity contribution in [2.24, 2.45) is 0 Å². The van der Waals surface area contributed by atoms with Crippen molar-refractivity contribution in [3.05, 3.63) is 69.7 Å². The van der Waals surface area contributed by atoms with E-state index < -0.39 is 11.9 Å². The van der Waals surface area contributed by atoms with E-state index in [1.54, 1.807) is 18.4 Å². The first-order chi connectivity index (χ1) is 16.3. The second-order valence-electron chi connectivity index (χ2n) is 7.08. The minimum Gasteiger partial charge on any atom is -0.493 e. The lowest BCUT2D eigenvalue weighted by Gasteiger charge is -2.12. The maximum Gasteiger partial charge on any atom is 0.414 e. The van der Waals surface area contributed by atoms with Gasteiger partial charge >= 0.3 is 11.9 Å². The van der Waals surface area contributed by atoms with Crippen LogP contribution in [0.4, 0.5) is 0 Å². The molecule has 182 valence electrons. The molecule has 0 bridgehead atoms. The van der Waals surface area contributed by atoms with Crippen molar-refractivity contribution in [1.82, 2.24) is 10.3 Å². The van der Waals surface area contributed by atoms with Crippen LogP contribution in [0.25, 0.3) is 0 Å². The van der Waals surface area contributed by atoms with Crippen molar-refractivity contribution >= 4 is 35.0 Å². The number of carboxylic acids is 2. The standard InChI is InChI=1S/C22H26N2O2S2.C2H2O4/c1-16-4-7-20(8-5-16)27-11-10-23-13-18-6-9-21(22(12-18)25-3)26-14-19-15-28-17(2)24-19;3-1(4)2(5)6/h4-9,12,15,23H,10-11,13-14H2,1-3H3;(H,3,4)(H,5,6). The van der Waals surface area contributed by atoms with E-state index in [1.807, 2.05) is 36.2 Å². The molecule has 0 radical (unpaired) electrons. The Balaban J connectivity index is 0.000000604. The lowest BCUT2D eigenvalue weighted by Crippen LogP contribution is -2.16. The number of hydrogen-bond donors (Lipinski definition) is 3. The summed E-state index contributed by atoms with van der Waals surface area (Å²) in [6.07, 6.45) is 0. The molecule has 2 aromatic carbocycles. The van der Waals surface area contributed by atoms with Gasteiger partial charge in [-0.25, -0.2) is 14.6 Å². The molecule has 0 fully saturated rings. The van der Waals surface area contributed by atoms with Crippen molar-refractivity contribution in [2.45, 2.75) is 31.9 Å². The number of methoxy groups -OCH3 is 1. The van der Waals surface area contributed by atoms with Crippen molar-refractivity contribution in [2.75, 3.05) is 19.4 Å². The van der Waals surface area contributed by atoms with Crippen molar-refractivity contribution in [1.29, 1.82) is 0 Å². The van der Waals surface area contributed by atoms with E-state index in [9.17, 15) is 0 Å². The maximum atomic E-state index is 9.10. The Hall–Kier alpha value is -3.08. The average Bonchev–Trinajstić information content (AvgIpc) is 3.24. The maximum absolute atomic E-state index is 9.10. The Morgan fingerprint density at radius 3 is 2.35 bits per heavy atom. The summed E-state index contributed by atoms with van der Waals surface area (Å²) in [5, 5.41) is 21.3. The summed E-state index contributed by atoms with van der Waals surface area (Å²) < 4.78 is 11.4. The number of rotatable bonds is 10. The van der Waals surface area contributed by atoms with Crippen LogP contribution in [-0.2, 0) is 22.7 Å². The van der Waals surface area contributed by atoms with Crippen LogP contribution in [0.5, 0.6) is 11.5 Å². The number of aromatic nitrogens is 1. The van der Waals surface area contributed by atoms with Gasteiger partial charge in [0, 0.05) is 29.1 Å². The third-order valence-electron chi connectivity index (χ3n) is 4.35. The molecular formula is C24H28N2O6S2. The molecule has 1 heterocycles. The van der Waals surface area contributed by atoms with E-state index in [0.29, 0.717) is 6.61 Å². The zero-order valence-electron chi connectivity index (χ0n) is 19.2. The Morgan fingerprint density at radius 1 is 1.06 bits per heavy atom. The number of carboxylic acid groups (broad SMARTS) is 2. The van der Waals surface area contributed by atoms with Gasteiger partial charge in [-0.05, 0) is 43.7 Å². The van der Waals surface area contributed by atoms with E-state index >= 15 is 0 Å². The van der Waals surface area contributed by atoms with E-state index in [1.165, 1.54) is 16.0 Å². The summed E-state index contributed by atoms with van der Waals surface area (Å²) in [4.78, 5) is 23.9. The molecule has 1 aromatic heterocycles. The van der Waals surface area contributed by atoms with E-state index in [-0.39, 0.29) is 0 Å². The van der Waals surface area contributed by atoms with E-state index in [2.05, 4.69) is 47.6 Å². The predicted octanol–water partition coefficient (Wildman–Crippen LogP) is 4.39. The van der Waals surface area contributed by atoms with Gasteiger partial charge in [0.05, 0.1) is 17.8 Å². The molecule has 34 heavy (non-hydrogen) atoms. The summed E-state index contributed by atoms with van der Waals surface area (Å²) >= 11 is 3.50. The van der Waals surface area contributed by atoms with Gasteiger partial charge in [-0.2, -0.15) is 0 Å². The quantitative estimate of drug-likeness (QED) is 0.210. The number of ether oxygens (including phenoxy) is 2. The van der Waals surface area contributed by atoms with Gasteiger partial charge in [-0.1, -0.05) is 23.8 Å². The molecule has 0 aliphatic heterocycles. The molecule has 0 atom stereocenters. The van der Waals surface area contributed by atoms with Crippen LogP contribution >= 0.6 is 23.1 Å². The largest absolute Gasteiger partial charge is 0.493 e. The first-order valence-electron chi connectivity index (χ1n) is 10.4. The molecule has 3 aromatic rings. The van der Waals surface area contributed by atoms with Gasteiger partial charge in [0.25, 0.3) is 0 Å². The average molecular weight is 505 g/mol. The highest BCUT2D eigenvalue weighted by atomic mass is 32.2. The zero-order chi connectivity index (χ0) is 24.9. The van der Waals surface area contributed by atoms with Crippen molar-refractivity contribution in [3.63, 3.8) is 0 Å². The number of hydrogen-bond acceptors (Lipinski definition) is 8. The molecule has 0 aliphatic rings. The number of benzene rings is 2. The molecule has 0 amide bonds. The minimum atomic E-state index is -1.82. The first-order valence-corrected chi connectivity index (χ1v) is 12.2. The normalized spacial score (nSPS) is 10.2. The van der Waals surface area contributed by atoms with Crippen molar-refractivity contribution in [3.8, 4) is 11.5 Å². The zero-order valence-corrected chi connectivity index (χ0v) is 20.9. The Bertz CT molecular complexity index is 1060. The lowest BCUT2D eigenvalue weighted by atomic mass is 10.2. The molecule has 0 saturated carbocycles. The number of thiazole rings is 1. The predicted molar refractivity (Wildman–Crippen MR) is 133 cm³/mol. The van der Waals surface area contributed by atoms with Crippen LogP contribution < -0.4 is 14.8 Å². The van der Waals surface area contributed by atoms with Crippen LogP contribution in [0.3, 0.4) is 0 Å². The number of carbonyl (C=O) groups is 2. The van der Waals surface area contributed by atoms with Crippen LogP contribution in [0.15, 0.2) is 52.7 Å². The van der Waals surface area contributed by atoms with E-state index in [0.717, 1.165) is 41.0 Å². The Morgan fingerprint density at radius 2 is 1.76 bits per heavy atom.